The highest BCUT2D eigenvalue weighted by Gasteiger charge is 2.15. The summed E-state index contributed by atoms with van der Waals surface area (Å²) in [5.74, 6) is 0.950. The van der Waals surface area contributed by atoms with Gasteiger partial charge in [-0.05, 0) is 48.9 Å². The number of hydrogen-bond acceptors (Lipinski definition) is 5. The van der Waals surface area contributed by atoms with Gasteiger partial charge in [0.2, 0.25) is 15.9 Å². The molecule has 0 heterocycles. The van der Waals surface area contributed by atoms with Crippen LogP contribution in [0.3, 0.4) is 0 Å². The second-order valence-corrected chi connectivity index (χ2v) is 7.28. The van der Waals surface area contributed by atoms with Gasteiger partial charge in [0.05, 0.1) is 25.1 Å². The first-order chi connectivity index (χ1) is 12.4. The summed E-state index contributed by atoms with van der Waals surface area (Å²) in [5, 5.41) is 2.60. The van der Waals surface area contributed by atoms with Crippen molar-refractivity contribution in [3.8, 4) is 11.5 Å². The lowest BCUT2D eigenvalue weighted by Crippen LogP contribution is -2.38. The smallest absolute Gasteiger partial charge is 0.241 e. The van der Waals surface area contributed by atoms with E-state index < -0.39 is 15.9 Å². The Labute approximate surface area is 153 Å². The highest BCUT2D eigenvalue weighted by atomic mass is 32.2. The molecule has 0 atom stereocenters. The monoisotopic (exact) mass is 378 g/mol. The van der Waals surface area contributed by atoms with Crippen LogP contribution in [-0.4, -0.2) is 41.1 Å². The summed E-state index contributed by atoms with van der Waals surface area (Å²) >= 11 is 0. The maximum atomic E-state index is 12.1. The van der Waals surface area contributed by atoms with Gasteiger partial charge in [-0.3, -0.25) is 4.79 Å². The first-order valence-corrected chi connectivity index (χ1v) is 9.49. The Kier molecular flexibility index (Phi) is 6.99. The Balaban J connectivity index is 1.71. The number of methoxy groups -OCH3 is 1. The maximum Gasteiger partial charge on any atom is 0.241 e. The summed E-state index contributed by atoms with van der Waals surface area (Å²) in [6.45, 7) is 1.99. The molecule has 26 heavy (non-hydrogen) atoms. The van der Waals surface area contributed by atoms with Crippen molar-refractivity contribution in [1.82, 2.24) is 10.0 Å². The largest absolute Gasteiger partial charge is 0.497 e. The third kappa shape index (κ3) is 6.05. The minimum Gasteiger partial charge on any atom is -0.497 e. The van der Waals surface area contributed by atoms with Crippen LogP contribution in [0.4, 0.5) is 0 Å². The lowest BCUT2D eigenvalue weighted by atomic mass is 10.2. The minimum absolute atomic E-state index is 0.133. The number of benzene rings is 2. The number of hydrogen-bond donors (Lipinski definition) is 2. The first-order valence-electron chi connectivity index (χ1n) is 8.00. The van der Waals surface area contributed by atoms with Crippen LogP contribution in [0.25, 0.3) is 0 Å². The van der Waals surface area contributed by atoms with Crippen LogP contribution in [0.1, 0.15) is 5.56 Å². The normalized spacial score (nSPS) is 11.0. The van der Waals surface area contributed by atoms with Gasteiger partial charge >= 0.3 is 0 Å². The average molecular weight is 378 g/mol. The molecule has 1 amide bonds. The molecule has 2 N–H and O–H groups in total. The van der Waals surface area contributed by atoms with E-state index in [1.165, 1.54) is 6.07 Å². The minimum atomic E-state index is -3.71. The van der Waals surface area contributed by atoms with Crippen molar-refractivity contribution in [2.75, 3.05) is 26.8 Å². The Bertz CT molecular complexity index is 835. The van der Waals surface area contributed by atoms with Gasteiger partial charge < -0.3 is 14.8 Å². The van der Waals surface area contributed by atoms with Crippen LogP contribution in [-0.2, 0) is 14.8 Å². The van der Waals surface area contributed by atoms with E-state index in [4.69, 9.17) is 9.47 Å². The standard InChI is InChI=1S/C18H22N2O5S/c1-14-4-3-5-17(12-14)26(22,23)20-13-18(21)19-10-11-25-16-8-6-15(24-2)7-9-16/h3-9,12,20H,10-11,13H2,1-2H3,(H,19,21). The quantitative estimate of drug-likeness (QED) is 0.645. The predicted octanol–water partition coefficient (Wildman–Crippen LogP) is 1.48. The fourth-order valence-corrected chi connectivity index (χ4v) is 3.21. The number of sulfonamides is 1. The Morgan fingerprint density at radius 2 is 1.77 bits per heavy atom. The third-order valence-electron chi connectivity index (χ3n) is 3.47. The predicted molar refractivity (Wildman–Crippen MR) is 97.9 cm³/mol. The lowest BCUT2D eigenvalue weighted by Gasteiger charge is -2.10. The molecule has 0 aliphatic heterocycles. The van der Waals surface area contributed by atoms with Gasteiger partial charge in [-0.1, -0.05) is 12.1 Å². The highest BCUT2D eigenvalue weighted by molar-refractivity contribution is 7.89. The fraction of sp³-hybridized carbons (Fsp3) is 0.278. The number of amides is 1. The van der Waals surface area contributed by atoms with E-state index in [9.17, 15) is 13.2 Å². The van der Waals surface area contributed by atoms with Gasteiger partial charge in [-0.25, -0.2) is 13.1 Å². The number of carbonyl (C=O) groups excluding carboxylic acids is 1. The van der Waals surface area contributed by atoms with E-state index >= 15 is 0 Å². The van der Waals surface area contributed by atoms with Gasteiger partial charge in [0.25, 0.3) is 0 Å². The molecule has 0 bridgehead atoms. The molecule has 7 nitrogen and oxygen atoms in total. The van der Waals surface area contributed by atoms with Crippen LogP contribution in [0.2, 0.25) is 0 Å². The Morgan fingerprint density at radius 1 is 1.08 bits per heavy atom. The molecule has 2 aromatic carbocycles. The molecule has 0 saturated carbocycles. The number of rotatable bonds is 9. The van der Waals surface area contributed by atoms with Crippen LogP contribution >= 0.6 is 0 Å². The molecular formula is C18H22N2O5S. The molecule has 0 saturated heterocycles. The lowest BCUT2D eigenvalue weighted by molar-refractivity contribution is -0.120. The van der Waals surface area contributed by atoms with Gasteiger partial charge in [0.15, 0.2) is 0 Å². The topological polar surface area (TPSA) is 93.7 Å². The summed E-state index contributed by atoms with van der Waals surface area (Å²) in [6, 6.07) is 13.5. The van der Waals surface area contributed by atoms with Crippen LogP contribution in [0.5, 0.6) is 11.5 Å². The van der Waals surface area contributed by atoms with E-state index in [1.807, 2.05) is 0 Å². The molecule has 0 aromatic heterocycles. The molecule has 0 spiro atoms. The molecule has 0 radical (unpaired) electrons. The summed E-state index contributed by atoms with van der Waals surface area (Å²) in [7, 11) is -2.13. The van der Waals surface area contributed by atoms with E-state index in [-0.39, 0.29) is 24.6 Å². The molecule has 0 aliphatic carbocycles. The van der Waals surface area contributed by atoms with Crippen LogP contribution < -0.4 is 19.5 Å². The zero-order valence-electron chi connectivity index (χ0n) is 14.7. The first kappa shape index (κ1) is 19.7. The number of ether oxygens (including phenoxy) is 2. The van der Waals surface area contributed by atoms with Crippen LogP contribution in [0, 0.1) is 6.92 Å². The summed E-state index contributed by atoms with van der Waals surface area (Å²) in [6.07, 6.45) is 0. The molecular weight excluding hydrogens is 356 g/mol. The van der Waals surface area contributed by atoms with Crippen molar-refractivity contribution in [3.63, 3.8) is 0 Å². The summed E-state index contributed by atoms with van der Waals surface area (Å²) in [5.41, 5.74) is 0.827. The molecule has 8 heteroatoms. The van der Waals surface area contributed by atoms with E-state index in [0.717, 1.165) is 11.3 Å². The van der Waals surface area contributed by atoms with Crippen molar-refractivity contribution in [1.29, 1.82) is 0 Å². The SMILES string of the molecule is COc1ccc(OCCNC(=O)CNS(=O)(=O)c2cccc(C)c2)cc1. The van der Waals surface area contributed by atoms with Gasteiger partial charge in [-0.15, -0.1) is 0 Å². The molecule has 2 rings (SSSR count). The summed E-state index contributed by atoms with van der Waals surface area (Å²) in [4.78, 5) is 11.9. The van der Waals surface area contributed by atoms with Gasteiger partial charge in [0.1, 0.15) is 18.1 Å². The van der Waals surface area contributed by atoms with E-state index in [0.29, 0.717) is 5.75 Å². The van der Waals surface area contributed by atoms with Gasteiger partial charge in [0, 0.05) is 0 Å². The van der Waals surface area contributed by atoms with Gasteiger partial charge in [-0.2, -0.15) is 0 Å². The number of carbonyl (C=O) groups is 1. The van der Waals surface area contributed by atoms with Crippen molar-refractivity contribution in [2.45, 2.75) is 11.8 Å². The average Bonchev–Trinajstić information content (AvgIpc) is 2.64. The molecule has 2 aromatic rings. The highest BCUT2D eigenvalue weighted by Crippen LogP contribution is 2.16. The zero-order chi connectivity index (χ0) is 19.0. The molecule has 140 valence electrons. The molecule has 0 unspecified atom stereocenters. The Hall–Kier alpha value is -2.58. The second-order valence-electron chi connectivity index (χ2n) is 5.52. The molecule has 0 fully saturated rings. The third-order valence-corrected chi connectivity index (χ3v) is 4.87. The van der Waals surface area contributed by atoms with Crippen molar-refractivity contribution in [3.05, 3.63) is 54.1 Å². The molecule has 0 aliphatic rings. The van der Waals surface area contributed by atoms with E-state index in [2.05, 4.69) is 10.0 Å². The maximum absolute atomic E-state index is 12.1. The second kappa shape index (κ2) is 9.21. The number of aryl methyl sites for hydroxylation is 1. The Morgan fingerprint density at radius 3 is 2.42 bits per heavy atom. The fourth-order valence-electron chi connectivity index (χ4n) is 2.12. The van der Waals surface area contributed by atoms with Crippen molar-refractivity contribution < 1.29 is 22.7 Å². The van der Waals surface area contributed by atoms with Crippen molar-refractivity contribution >= 4 is 15.9 Å². The van der Waals surface area contributed by atoms with Crippen LogP contribution in [0.15, 0.2) is 53.4 Å². The van der Waals surface area contributed by atoms with E-state index in [1.54, 1.807) is 56.5 Å². The number of nitrogens with one attached hydrogen (secondary N) is 2. The van der Waals surface area contributed by atoms with Crippen molar-refractivity contribution in [2.24, 2.45) is 0 Å². The summed E-state index contributed by atoms with van der Waals surface area (Å²) < 4.78 is 37.1. The zero-order valence-corrected chi connectivity index (χ0v) is 15.5.